The largest absolute Gasteiger partial charge is 0.378 e. The van der Waals surface area contributed by atoms with Crippen molar-refractivity contribution < 1.29 is 4.74 Å². The van der Waals surface area contributed by atoms with Crippen molar-refractivity contribution in [3.63, 3.8) is 0 Å². The molecular weight excluding hydrogens is 258 g/mol. The van der Waals surface area contributed by atoms with Gasteiger partial charge in [0, 0.05) is 13.2 Å². The van der Waals surface area contributed by atoms with Crippen molar-refractivity contribution in [2.24, 2.45) is 0 Å². The van der Waals surface area contributed by atoms with Crippen LogP contribution < -0.4 is 5.32 Å². The van der Waals surface area contributed by atoms with Crippen LogP contribution in [0.25, 0.3) is 0 Å². The highest BCUT2D eigenvalue weighted by Gasteiger charge is 2.02. The average Bonchev–Trinajstić information content (AvgIpc) is 2.48. The Morgan fingerprint density at radius 3 is 2.29 bits per heavy atom. The molecular formula is C19H33NO. The third-order valence-electron chi connectivity index (χ3n) is 3.78. The number of rotatable bonds is 12. The highest BCUT2D eigenvalue weighted by Crippen LogP contribution is 2.09. The number of nitrogens with one attached hydrogen (secondary N) is 1. The monoisotopic (exact) mass is 291 g/mol. The molecule has 1 aromatic carbocycles. The molecule has 1 rings (SSSR count). The molecule has 2 heteroatoms. The van der Waals surface area contributed by atoms with E-state index in [4.69, 9.17) is 4.74 Å². The Morgan fingerprint density at radius 1 is 0.952 bits per heavy atom. The first-order valence-corrected chi connectivity index (χ1v) is 8.66. The van der Waals surface area contributed by atoms with Gasteiger partial charge >= 0.3 is 0 Å². The van der Waals surface area contributed by atoms with Gasteiger partial charge in [0.05, 0.1) is 6.10 Å². The Labute approximate surface area is 131 Å². The van der Waals surface area contributed by atoms with Crippen LogP contribution in [0.2, 0.25) is 0 Å². The van der Waals surface area contributed by atoms with Crippen molar-refractivity contribution in [2.45, 2.75) is 71.9 Å². The van der Waals surface area contributed by atoms with Gasteiger partial charge in [-0.1, -0.05) is 56.9 Å². The van der Waals surface area contributed by atoms with Crippen molar-refractivity contribution in [1.29, 1.82) is 0 Å². The van der Waals surface area contributed by atoms with Gasteiger partial charge in [-0.2, -0.15) is 0 Å². The van der Waals surface area contributed by atoms with Crippen molar-refractivity contribution in [1.82, 2.24) is 5.32 Å². The van der Waals surface area contributed by atoms with Crippen LogP contribution in [0.3, 0.4) is 0 Å². The maximum absolute atomic E-state index is 5.58. The number of hydrogen-bond donors (Lipinski definition) is 1. The van der Waals surface area contributed by atoms with E-state index in [2.05, 4.69) is 43.4 Å². The quantitative estimate of drug-likeness (QED) is 0.563. The molecule has 2 nitrogen and oxygen atoms in total. The van der Waals surface area contributed by atoms with E-state index in [1.54, 1.807) is 0 Å². The molecule has 0 bridgehead atoms. The molecule has 0 heterocycles. The molecule has 0 amide bonds. The third-order valence-corrected chi connectivity index (χ3v) is 3.78. The molecule has 0 aromatic heterocycles. The van der Waals surface area contributed by atoms with E-state index in [-0.39, 0.29) is 0 Å². The molecule has 1 atom stereocenters. The van der Waals surface area contributed by atoms with E-state index in [1.807, 2.05) is 6.92 Å². The Bertz CT molecular complexity index is 347. The van der Waals surface area contributed by atoms with E-state index in [0.29, 0.717) is 6.10 Å². The minimum atomic E-state index is 0.307. The lowest BCUT2D eigenvalue weighted by molar-refractivity contribution is 0.0768. The van der Waals surface area contributed by atoms with Gasteiger partial charge in [0.25, 0.3) is 0 Å². The summed E-state index contributed by atoms with van der Waals surface area (Å²) in [4.78, 5) is 0. The summed E-state index contributed by atoms with van der Waals surface area (Å²) in [5, 5.41) is 3.53. The fourth-order valence-electron chi connectivity index (χ4n) is 2.55. The molecule has 0 aliphatic carbocycles. The van der Waals surface area contributed by atoms with Crippen LogP contribution in [0.1, 0.15) is 64.0 Å². The molecule has 0 aliphatic heterocycles. The fourth-order valence-corrected chi connectivity index (χ4v) is 2.55. The van der Waals surface area contributed by atoms with Gasteiger partial charge in [-0.15, -0.1) is 0 Å². The van der Waals surface area contributed by atoms with Gasteiger partial charge in [-0.3, -0.25) is 0 Å². The molecule has 0 radical (unpaired) electrons. The predicted octanol–water partition coefficient (Wildman–Crippen LogP) is 4.71. The Balaban J connectivity index is 2.16. The second kappa shape index (κ2) is 11.8. The topological polar surface area (TPSA) is 21.3 Å². The summed E-state index contributed by atoms with van der Waals surface area (Å²) in [6.07, 6.45) is 8.04. The van der Waals surface area contributed by atoms with Gasteiger partial charge in [0.1, 0.15) is 0 Å². The van der Waals surface area contributed by atoms with Crippen molar-refractivity contribution in [3.05, 3.63) is 35.4 Å². The van der Waals surface area contributed by atoms with E-state index in [1.165, 1.54) is 43.2 Å². The second-order valence-corrected chi connectivity index (χ2v) is 5.88. The zero-order valence-electron chi connectivity index (χ0n) is 14.2. The summed E-state index contributed by atoms with van der Waals surface area (Å²) in [7, 11) is 0. The molecule has 1 N–H and O–H groups in total. The maximum Gasteiger partial charge on any atom is 0.0587 e. The number of ether oxygens (including phenoxy) is 1. The second-order valence-electron chi connectivity index (χ2n) is 5.88. The molecule has 0 fully saturated rings. The minimum Gasteiger partial charge on any atom is -0.378 e. The Kier molecular flexibility index (Phi) is 10.2. The van der Waals surface area contributed by atoms with Crippen LogP contribution in [-0.2, 0) is 17.7 Å². The van der Waals surface area contributed by atoms with E-state index in [9.17, 15) is 0 Å². The van der Waals surface area contributed by atoms with Gasteiger partial charge in [-0.05, 0) is 44.4 Å². The first-order chi connectivity index (χ1) is 10.3. The molecule has 0 saturated heterocycles. The van der Waals surface area contributed by atoms with Crippen molar-refractivity contribution >= 4 is 0 Å². The van der Waals surface area contributed by atoms with Crippen LogP contribution in [0, 0.1) is 0 Å². The van der Waals surface area contributed by atoms with Crippen molar-refractivity contribution in [2.75, 3.05) is 13.2 Å². The lowest BCUT2D eigenvalue weighted by Gasteiger charge is -2.12. The molecule has 0 spiro atoms. The predicted molar refractivity (Wildman–Crippen MR) is 91.7 cm³/mol. The lowest BCUT2D eigenvalue weighted by atomic mass is 10.1. The van der Waals surface area contributed by atoms with Crippen LogP contribution in [0.4, 0.5) is 0 Å². The zero-order chi connectivity index (χ0) is 15.3. The molecule has 21 heavy (non-hydrogen) atoms. The molecule has 0 aliphatic rings. The SMILES string of the molecule is CCCCCCCNCc1ccc(CC(C)OCC)cc1. The Hall–Kier alpha value is -0.860. The molecule has 1 unspecified atom stereocenters. The van der Waals surface area contributed by atoms with Gasteiger partial charge < -0.3 is 10.1 Å². The molecule has 0 saturated carbocycles. The highest BCUT2D eigenvalue weighted by atomic mass is 16.5. The third kappa shape index (κ3) is 8.90. The minimum absolute atomic E-state index is 0.307. The lowest BCUT2D eigenvalue weighted by Crippen LogP contribution is -2.15. The summed E-state index contributed by atoms with van der Waals surface area (Å²) in [6.45, 7) is 9.35. The van der Waals surface area contributed by atoms with E-state index >= 15 is 0 Å². The standard InChI is InChI=1S/C19H33NO/c1-4-6-7-8-9-14-20-16-19-12-10-18(11-13-19)15-17(3)21-5-2/h10-13,17,20H,4-9,14-16H2,1-3H3. The van der Waals surface area contributed by atoms with Gasteiger partial charge in [0.15, 0.2) is 0 Å². The fraction of sp³-hybridized carbons (Fsp3) is 0.684. The van der Waals surface area contributed by atoms with Crippen LogP contribution in [0.5, 0.6) is 0 Å². The van der Waals surface area contributed by atoms with Crippen molar-refractivity contribution in [3.8, 4) is 0 Å². The molecule has 1 aromatic rings. The van der Waals surface area contributed by atoms with Crippen LogP contribution in [-0.4, -0.2) is 19.3 Å². The smallest absolute Gasteiger partial charge is 0.0587 e. The number of hydrogen-bond acceptors (Lipinski definition) is 2. The van der Waals surface area contributed by atoms with E-state index < -0.39 is 0 Å². The first kappa shape index (κ1) is 18.2. The van der Waals surface area contributed by atoms with Gasteiger partial charge in [0.2, 0.25) is 0 Å². The van der Waals surface area contributed by atoms with Crippen LogP contribution in [0.15, 0.2) is 24.3 Å². The number of benzene rings is 1. The molecule has 120 valence electrons. The van der Waals surface area contributed by atoms with E-state index in [0.717, 1.165) is 26.1 Å². The number of unbranched alkanes of at least 4 members (excludes halogenated alkanes) is 4. The first-order valence-electron chi connectivity index (χ1n) is 8.66. The summed E-state index contributed by atoms with van der Waals surface area (Å²) in [5.41, 5.74) is 2.73. The zero-order valence-corrected chi connectivity index (χ0v) is 14.2. The average molecular weight is 291 g/mol. The van der Waals surface area contributed by atoms with Crippen LogP contribution >= 0.6 is 0 Å². The Morgan fingerprint density at radius 2 is 1.62 bits per heavy atom. The normalized spacial score (nSPS) is 12.5. The highest BCUT2D eigenvalue weighted by molar-refractivity contribution is 5.22. The summed E-state index contributed by atoms with van der Waals surface area (Å²) < 4.78 is 5.58. The summed E-state index contributed by atoms with van der Waals surface area (Å²) in [6, 6.07) is 8.93. The van der Waals surface area contributed by atoms with Gasteiger partial charge in [-0.25, -0.2) is 0 Å². The summed E-state index contributed by atoms with van der Waals surface area (Å²) in [5.74, 6) is 0. The maximum atomic E-state index is 5.58. The summed E-state index contributed by atoms with van der Waals surface area (Å²) >= 11 is 0.